The zero-order chi connectivity index (χ0) is 15.9. The van der Waals surface area contributed by atoms with E-state index in [0.717, 1.165) is 32.7 Å². The molecule has 0 saturated carbocycles. The van der Waals surface area contributed by atoms with Crippen LogP contribution in [0.2, 0.25) is 0 Å². The van der Waals surface area contributed by atoms with Crippen LogP contribution in [0.3, 0.4) is 0 Å². The van der Waals surface area contributed by atoms with Crippen molar-refractivity contribution in [2.75, 3.05) is 46.9 Å². The number of rotatable bonds is 10. The summed E-state index contributed by atoms with van der Waals surface area (Å²) in [4.78, 5) is 2.52. The Morgan fingerprint density at radius 1 is 1.10 bits per heavy atom. The molecule has 1 aliphatic rings. The normalized spacial score (nSPS) is 24.1. The van der Waals surface area contributed by atoms with Crippen molar-refractivity contribution in [2.24, 2.45) is 11.3 Å². The lowest BCUT2D eigenvalue weighted by Gasteiger charge is -2.36. The van der Waals surface area contributed by atoms with Crippen molar-refractivity contribution in [3.63, 3.8) is 0 Å². The summed E-state index contributed by atoms with van der Waals surface area (Å²) >= 11 is 0. The van der Waals surface area contributed by atoms with Gasteiger partial charge in [-0.2, -0.15) is 0 Å². The first-order chi connectivity index (χ1) is 10.00. The molecule has 21 heavy (non-hydrogen) atoms. The molecule has 126 valence electrons. The van der Waals surface area contributed by atoms with Gasteiger partial charge < -0.3 is 14.8 Å². The van der Waals surface area contributed by atoms with E-state index in [9.17, 15) is 0 Å². The lowest BCUT2D eigenvalue weighted by Crippen LogP contribution is -2.44. The number of nitrogens with one attached hydrogen (secondary N) is 1. The van der Waals surface area contributed by atoms with Crippen LogP contribution in [0.5, 0.6) is 0 Å². The molecule has 0 bridgehead atoms. The van der Waals surface area contributed by atoms with E-state index < -0.39 is 0 Å². The Hall–Kier alpha value is -0.160. The first-order valence-electron chi connectivity index (χ1n) is 8.48. The maximum absolute atomic E-state index is 5.56. The molecular weight excluding hydrogens is 264 g/mol. The Morgan fingerprint density at radius 2 is 1.62 bits per heavy atom. The van der Waals surface area contributed by atoms with Crippen molar-refractivity contribution in [3.8, 4) is 0 Å². The fourth-order valence-corrected chi connectivity index (χ4v) is 3.28. The minimum atomic E-state index is 0.213. The zero-order valence-corrected chi connectivity index (χ0v) is 14.9. The summed E-state index contributed by atoms with van der Waals surface area (Å²) in [5, 5.41) is 3.66. The number of hydrogen-bond donors (Lipinski definition) is 1. The van der Waals surface area contributed by atoms with E-state index in [0.29, 0.717) is 11.3 Å². The van der Waals surface area contributed by atoms with Crippen molar-refractivity contribution in [3.05, 3.63) is 0 Å². The van der Waals surface area contributed by atoms with Gasteiger partial charge in [0.2, 0.25) is 0 Å². The van der Waals surface area contributed by atoms with Crippen LogP contribution in [0.1, 0.15) is 40.5 Å². The maximum atomic E-state index is 5.56. The van der Waals surface area contributed by atoms with Crippen LogP contribution in [-0.2, 0) is 9.47 Å². The van der Waals surface area contributed by atoms with Gasteiger partial charge >= 0.3 is 0 Å². The average Bonchev–Trinajstić information content (AvgIpc) is 2.87. The summed E-state index contributed by atoms with van der Waals surface area (Å²) in [6, 6.07) is 0. The molecule has 0 aromatic carbocycles. The molecule has 4 nitrogen and oxygen atoms in total. The summed E-state index contributed by atoms with van der Waals surface area (Å²) in [5.74, 6) is 0.707. The third-order valence-corrected chi connectivity index (χ3v) is 5.01. The molecular formula is C17H36N2O2. The topological polar surface area (TPSA) is 33.7 Å². The van der Waals surface area contributed by atoms with E-state index in [1.807, 2.05) is 0 Å². The average molecular weight is 300 g/mol. The molecule has 4 heteroatoms. The molecule has 1 rings (SSSR count). The number of methoxy groups -OCH3 is 2. The van der Waals surface area contributed by atoms with Gasteiger partial charge in [-0.15, -0.1) is 0 Å². The largest absolute Gasteiger partial charge is 0.377 e. The Labute approximate surface area is 131 Å². The molecule has 0 aliphatic carbocycles. The van der Waals surface area contributed by atoms with Gasteiger partial charge in [0.05, 0.1) is 12.2 Å². The van der Waals surface area contributed by atoms with E-state index in [1.165, 1.54) is 12.8 Å². The summed E-state index contributed by atoms with van der Waals surface area (Å²) in [7, 11) is 3.58. The van der Waals surface area contributed by atoms with Gasteiger partial charge in [-0.1, -0.05) is 27.7 Å². The van der Waals surface area contributed by atoms with Gasteiger partial charge in [-0.05, 0) is 30.7 Å². The molecule has 1 aliphatic heterocycles. The molecule has 0 aromatic heterocycles. The highest BCUT2D eigenvalue weighted by Gasteiger charge is 2.37. The molecule has 0 amide bonds. The van der Waals surface area contributed by atoms with Crippen LogP contribution in [0.25, 0.3) is 0 Å². The number of likely N-dealkylation sites (tertiary alicyclic amines) is 1. The highest BCUT2D eigenvalue weighted by atomic mass is 16.5. The summed E-state index contributed by atoms with van der Waals surface area (Å²) in [5.41, 5.74) is 0.357. The second-order valence-electron chi connectivity index (χ2n) is 6.97. The minimum absolute atomic E-state index is 0.213. The predicted octanol–water partition coefficient (Wildman–Crippen LogP) is 2.38. The molecule has 1 fully saturated rings. The fraction of sp³-hybridized carbons (Fsp3) is 1.00. The number of ether oxygens (including phenoxy) is 2. The van der Waals surface area contributed by atoms with Crippen molar-refractivity contribution >= 4 is 0 Å². The van der Waals surface area contributed by atoms with Crippen LogP contribution < -0.4 is 5.32 Å². The second kappa shape index (κ2) is 9.09. The lowest BCUT2D eigenvalue weighted by atomic mass is 9.81. The predicted molar refractivity (Wildman–Crippen MR) is 88.8 cm³/mol. The lowest BCUT2D eigenvalue weighted by molar-refractivity contribution is -0.00461. The van der Waals surface area contributed by atoms with Gasteiger partial charge in [0, 0.05) is 40.4 Å². The minimum Gasteiger partial charge on any atom is -0.377 e. The SMILES string of the molecule is CCC(CC)(CNCC(C)C)CN1CC(OC)C(OC)C1. The number of hydrogen-bond acceptors (Lipinski definition) is 4. The molecule has 0 spiro atoms. The van der Waals surface area contributed by atoms with Gasteiger partial charge in [0.15, 0.2) is 0 Å². The quantitative estimate of drug-likeness (QED) is 0.672. The first kappa shape index (κ1) is 18.9. The van der Waals surface area contributed by atoms with Crippen LogP contribution in [0.15, 0.2) is 0 Å². The molecule has 2 atom stereocenters. The Kier molecular flexibility index (Phi) is 8.17. The molecule has 1 heterocycles. The molecule has 2 unspecified atom stereocenters. The van der Waals surface area contributed by atoms with Crippen molar-refractivity contribution in [1.29, 1.82) is 0 Å². The molecule has 0 aromatic rings. The Morgan fingerprint density at radius 3 is 2.00 bits per heavy atom. The van der Waals surface area contributed by atoms with E-state index in [1.54, 1.807) is 14.2 Å². The third-order valence-electron chi connectivity index (χ3n) is 5.01. The highest BCUT2D eigenvalue weighted by molar-refractivity contribution is 4.91. The van der Waals surface area contributed by atoms with Crippen LogP contribution >= 0.6 is 0 Å². The van der Waals surface area contributed by atoms with Crippen LogP contribution in [0.4, 0.5) is 0 Å². The zero-order valence-electron chi connectivity index (χ0n) is 14.9. The molecule has 1 N–H and O–H groups in total. The maximum Gasteiger partial charge on any atom is 0.0971 e. The van der Waals surface area contributed by atoms with E-state index in [4.69, 9.17) is 9.47 Å². The van der Waals surface area contributed by atoms with E-state index in [2.05, 4.69) is 37.9 Å². The van der Waals surface area contributed by atoms with E-state index >= 15 is 0 Å². The molecule has 0 radical (unpaired) electrons. The Balaban J connectivity index is 2.57. The van der Waals surface area contributed by atoms with Crippen LogP contribution in [0, 0.1) is 11.3 Å². The first-order valence-corrected chi connectivity index (χ1v) is 8.48. The standard InChI is InChI=1S/C17H36N2O2/c1-7-17(8-2,12-18-9-14(3)4)13-19-10-15(20-5)16(11-19)21-6/h14-16,18H,7-13H2,1-6H3. The third kappa shape index (κ3) is 5.51. The highest BCUT2D eigenvalue weighted by Crippen LogP contribution is 2.29. The van der Waals surface area contributed by atoms with Gasteiger partial charge in [0.1, 0.15) is 0 Å². The summed E-state index contributed by atoms with van der Waals surface area (Å²) in [6.07, 6.45) is 2.84. The fourth-order valence-electron chi connectivity index (χ4n) is 3.28. The smallest absolute Gasteiger partial charge is 0.0971 e. The summed E-state index contributed by atoms with van der Waals surface area (Å²) in [6.45, 7) is 14.5. The van der Waals surface area contributed by atoms with E-state index in [-0.39, 0.29) is 12.2 Å². The Bertz CT molecular complexity index is 268. The van der Waals surface area contributed by atoms with Crippen molar-refractivity contribution in [1.82, 2.24) is 10.2 Å². The van der Waals surface area contributed by atoms with Crippen molar-refractivity contribution in [2.45, 2.75) is 52.7 Å². The summed E-state index contributed by atoms with van der Waals surface area (Å²) < 4.78 is 11.1. The number of nitrogens with zero attached hydrogens (tertiary/aromatic N) is 1. The van der Waals surface area contributed by atoms with Gasteiger partial charge in [-0.25, -0.2) is 0 Å². The van der Waals surface area contributed by atoms with Crippen LogP contribution in [-0.4, -0.2) is 64.1 Å². The van der Waals surface area contributed by atoms with Gasteiger partial charge in [0.25, 0.3) is 0 Å². The van der Waals surface area contributed by atoms with Crippen molar-refractivity contribution < 1.29 is 9.47 Å². The van der Waals surface area contributed by atoms with Gasteiger partial charge in [-0.3, -0.25) is 4.90 Å². The molecule has 1 saturated heterocycles. The monoisotopic (exact) mass is 300 g/mol. The second-order valence-corrected chi connectivity index (χ2v) is 6.97.